The molecule has 0 bridgehead atoms. The van der Waals surface area contributed by atoms with Crippen molar-refractivity contribution in [3.63, 3.8) is 0 Å². The lowest BCUT2D eigenvalue weighted by molar-refractivity contribution is -0.132. The Morgan fingerprint density at radius 2 is 1.66 bits per heavy atom. The third-order valence-corrected chi connectivity index (χ3v) is 7.94. The van der Waals surface area contributed by atoms with E-state index in [1.165, 1.54) is 65.1 Å². The van der Waals surface area contributed by atoms with E-state index in [-0.39, 0.29) is 23.8 Å². The first-order chi connectivity index (χ1) is 15.4. The third-order valence-electron chi connectivity index (χ3n) is 6.48. The molecule has 3 rings (SSSR count). The van der Waals surface area contributed by atoms with Crippen molar-refractivity contribution in [3.05, 3.63) is 18.2 Å². The van der Waals surface area contributed by atoms with Gasteiger partial charge in [0.2, 0.25) is 15.9 Å². The average molecular weight is 468 g/mol. The Labute approximate surface area is 192 Å². The van der Waals surface area contributed by atoms with Crippen LogP contribution in [0.1, 0.15) is 44.9 Å². The molecule has 180 valence electrons. The van der Waals surface area contributed by atoms with Crippen LogP contribution in [0.5, 0.6) is 11.5 Å². The number of piperidine rings is 1. The van der Waals surface area contributed by atoms with E-state index in [1.807, 2.05) is 4.90 Å². The first kappa shape index (κ1) is 24.8. The number of methoxy groups -OCH3 is 2. The number of likely N-dealkylation sites (tertiary alicyclic amines) is 2. The van der Waals surface area contributed by atoms with Crippen LogP contribution in [0.2, 0.25) is 0 Å². The number of sulfonamides is 1. The van der Waals surface area contributed by atoms with Crippen molar-refractivity contribution in [3.8, 4) is 11.5 Å². The summed E-state index contributed by atoms with van der Waals surface area (Å²) in [5, 5.41) is 0. The molecule has 0 radical (unpaired) electrons. The van der Waals surface area contributed by atoms with Crippen molar-refractivity contribution in [1.82, 2.24) is 14.5 Å². The van der Waals surface area contributed by atoms with Crippen molar-refractivity contribution < 1.29 is 22.7 Å². The number of nitrogens with zero attached hydrogens (tertiary/aromatic N) is 2. The second-order valence-electron chi connectivity index (χ2n) is 8.70. The monoisotopic (exact) mass is 467 g/mol. The van der Waals surface area contributed by atoms with Gasteiger partial charge in [-0.3, -0.25) is 4.79 Å². The lowest BCUT2D eigenvalue weighted by atomic mass is 9.96. The van der Waals surface area contributed by atoms with Crippen molar-refractivity contribution in [2.24, 2.45) is 5.92 Å². The molecule has 0 spiro atoms. The first-order valence-electron chi connectivity index (χ1n) is 11.6. The lowest BCUT2D eigenvalue weighted by Crippen LogP contribution is -2.42. The number of hydrogen-bond acceptors (Lipinski definition) is 6. The second-order valence-corrected chi connectivity index (χ2v) is 10.5. The van der Waals surface area contributed by atoms with Gasteiger partial charge in [-0.25, -0.2) is 13.1 Å². The van der Waals surface area contributed by atoms with Crippen LogP contribution >= 0.6 is 0 Å². The Balaban J connectivity index is 1.42. The van der Waals surface area contributed by atoms with E-state index in [4.69, 9.17) is 9.47 Å². The SMILES string of the molecule is COc1ccc(S(=O)(=O)NCCC(=O)N2CCC(CN3CCCCCC3)CC2)cc1OC. The van der Waals surface area contributed by atoms with Crippen LogP contribution in [0.4, 0.5) is 0 Å². The molecule has 2 aliphatic heterocycles. The highest BCUT2D eigenvalue weighted by Crippen LogP contribution is 2.29. The van der Waals surface area contributed by atoms with Crippen LogP contribution in [-0.4, -0.2) is 77.6 Å². The van der Waals surface area contributed by atoms with Gasteiger partial charge in [-0.05, 0) is 56.8 Å². The smallest absolute Gasteiger partial charge is 0.240 e. The molecule has 0 aromatic heterocycles. The van der Waals surface area contributed by atoms with Crippen LogP contribution < -0.4 is 14.2 Å². The molecule has 9 heteroatoms. The molecule has 1 N–H and O–H groups in total. The van der Waals surface area contributed by atoms with Crippen LogP contribution in [-0.2, 0) is 14.8 Å². The molecule has 32 heavy (non-hydrogen) atoms. The summed E-state index contributed by atoms with van der Waals surface area (Å²) < 4.78 is 38.0. The normalized spacial score (nSPS) is 18.9. The molecule has 2 aliphatic rings. The third kappa shape index (κ3) is 6.83. The van der Waals surface area contributed by atoms with Gasteiger partial charge in [0.25, 0.3) is 0 Å². The molecular weight excluding hydrogens is 430 g/mol. The first-order valence-corrected chi connectivity index (χ1v) is 13.1. The van der Waals surface area contributed by atoms with Crippen LogP contribution in [0.3, 0.4) is 0 Å². The Morgan fingerprint density at radius 3 is 2.28 bits per heavy atom. The zero-order chi connectivity index (χ0) is 23.0. The minimum absolute atomic E-state index is 0.00762. The van der Waals surface area contributed by atoms with E-state index in [0.717, 1.165) is 32.5 Å². The van der Waals surface area contributed by atoms with E-state index < -0.39 is 10.0 Å². The molecule has 0 atom stereocenters. The molecule has 8 nitrogen and oxygen atoms in total. The molecule has 1 aromatic carbocycles. The van der Waals surface area contributed by atoms with E-state index in [1.54, 1.807) is 6.07 Å². The van der Waals surface area contributed by atoms with Crippen LogP contribution in [0.15, 0.2) is 23.1 Å². The maximum Gasteiger partial charge on any atom is 0.240 e. The fourth-order valence-corrected chi connectivity index (χ4v) is 5.61. The molecule has 2 saturated heterocycles. The van der Waals surface area contributed by atoms with Crippen molar-refractivity contribution in [2.75, 3.05) is 53.5 Å². The maximum atomic E-state index is 12.6. The number of benzene rings is 1. The fraction of sp³-hybridized carbons (Fsp3) is 0.696. The van der Waals surface area contributed by atoms with E-state index in [2.05, 4.69) is 9.62 Å². The lowest BCUT2D eigenvalue weighted by Gasteiger charge is -2.34. The Hall–Kier alpha value is -1.84. The summed E-state index contributed by atoms with van der Waals surface area (Å²) in [6, 6.07) is 4.42. The Bertz CT molecular complexity index is 845. The van der Waals surface area contributed by atoms with Gasteiger partial charge < -0.3 is 19.3 Å². The van der Waals surface area contributed by atoms with E-state index >= 15 is 0 Å². The highest BCUT2D eigenvalue weighted by atomic mass is 32.2. The molecule has 1 aromatic rings. The summed E-state index contributed by atoms with van der Waals surface area (Å²) in [6.45, 7) is 5.16. The maximum absolute atomic E-state index is 12.6. The van der Waals surface area contributed by atoms with Gasteiger partial charge in [0, 0.05) is 38.7 Å². The molecule has 1 amide bonds. The van der Waals surface area contributed by atoms with Crippen LogP contribution in [0, 0.1) is 5.92 Å². The Kier molecular flexibility index (Phi) is 9.19. The standard InChI is InChI=1S/C23H37N3O5S/c1-30-21-8-7-20(17-22(21)31-2)32(28,29)24-12-9-23(27)26-15-10-19(11-16-26)18-25-13-5-3-4-6-14-25/h7-8,17,19,24H,3-6,9-16,18H2,1-2H3. The number of ether oxygens (including phenoxy) is 2. The second kappa shape index (κ2) is 11.9. The van der Waals surface area contributed by atoms with Gasteiger partial charge in [-0.2, -0.15) is 0 Å². The molecule has 0 unspecified atom stereocenters. The summed E-state index contributed by atoms with van der Waals surface area (Å²) in [7, 11) is -0.785. The number of hydrogen-bond donors (Lipinski definition) is 1. The molecular formula is C23H37N3O5S. The van der Waals surface area contributed by atoms with Crippen molar-refractivity contribution in [2.45, 2.75) is 49.8 Å². The zero-order valence-corrected chi connectivity index (χ0v) is 20.2. The number of rotatable bonds is 9. The highest BCUT2D eigenvalue weighted by Gasteiger charge is 2.25. The van der Waals surface area contributed by atoms with Gasteiger partial charge in [-0.1, -0.05) is 12.8 Å². The fourth-order valence-electron chi connectivity index (χ4n) is 4.57. The minimum Gasteiger partial charge on any atom is -0.493 e. The largest absolute Gasteiger partial charge is 0.493 e. The van der Waals surface area contributed by atoms with Gasteiger partial charge in [0.1, 0.15) is 0 Å². The minimum atomic E-state index is -3.73. The molecule has 0 saturated carbocycles. The predicted octanol–water partition coefficient (Wildman–Crippen LogP) is 2.49. The van der Waals surface area contributed by atoms with Crippen molar-refractivity contribution in [1.29, 1.82) is 0 Å². The number of nitrogens with one attached hydrogen (secondary N) is 1. The average Bonchev–Trinajstić information content (AvgIpc) is 3.07. The zero-order valence-electron chi connectivity index (χ0n) is 19.3. The number of carbonyl (C=O) groups excluding carboxylic acids is 1. The summed E-state index contributed by atoms with van der Waals surface area (Å²) in [5.41, 5.74) is 0. The summed E-state index contributed by atoms with van der Waals surface area (Å²) in [5.74, 6) is 1.46. The molecule has 2 fully saturated rings. The number of carbonyl (C=O) groups is 1. The number of amides is 1. The summed E-state index contributed by atoms with van der Waals surface area (Å²) >= 11 is 0. The van der Waals surface area contributed by atoms with Gasteiger partial charge in [0.05, 0.1) is 19.1 Å². The van der Waals surface area contributed by atoms with Gasteiger partial charge in [-0.15, -0.1) is 0 Å². The van der Waals surface area contributed by atoms with Gasteiger partial charge >= 0.3 is 0 Å². The van der Waals surface area contributed by atoms with Crippen LogP contribution in [0.25, 0.3) is 0 Å². The molecule has 2 heterocycles. The van der Waals surface area contributed by atoms with E-state index in [9.17, 15) is 13.2 Å². The topological polar surface area (TPSA) is 88.2 Å². The summed E-state index contributed by atoms with van der Waals surface area (Å²) in [6.07, 6.45) is 7.51. The van der Waals surface area contributed by atoms with E-state index in [0.29, 0.717) is 17.4 Å². The van der Waals surface area contributed by atoms with Gasteiger partial charge in [0.15, 0.2) is 11.5 Å². The quantitative estimate of drug-likeness (QED) is 0.600. The highest BCUT2D eigenvalue weighted by molar-refractivity contribution is 7.89. The predicted molar refractivity (Wildman–Crippen MR) is 124 cm³/mol. The van der Waals surface area contributed by atoms with Crippen molar-refractivity contribution >= 4 is 15.9 Å². The molecule has 0 aliphatic carbocycles. The Morgan fingerprint density at radius 1 is 1.00 bits per heavy atom. The summed E-state index contributed by atoms with van der Waals surface area (Å²) in [4.78, 5) is 17.1.